The van der Waals surface area contributed by atoms with E-state index in [4.69, 9.17) is 0 Å². The SMILES string of the molecule is C[C@@H](Sc1cc(F)ccc1F)C(=O)Nc1ccc(F)c([N+](=O)[O-])c1. The number of amides is 1. The van der Waals surface area contributed by atoms with Crippen molar-refractivity contribution in [1.82, 2.24) is 0 Å². The molecule has 0 spiro atoms. The number of nitrogens with zero attached hydrogens (tertiary/aromatic N) is 1. The maximum atomic E-state index is 13.6. The molecule has 0 saturated carbocycles. The quantitative estimate of drug-likeness (QED) is 0.497. The monoisotopic (exact) mass is 356 g/mol. The lowest BCUT2D eigenvalue weighted by molar-refractivity contribution is -0.387. The fourth-order valence-corrected chi connectivity index (χ4v) is 2.69. The Morgan fingerprint density at radius 1 is 1.17 bits per heavy atom. The first-order chi connectivity index (χ1) is 11.3. The van der Waals surface area contributed by atoms with Crippen molar-refractivity contribution >= 4 is 29.0 Å². The molecule has 0 aliphatic heterocycles. The standard InChI is InChI=1S/C15H11F3N2O3S/c1-8(24-14-6-9(16)2-4-12(14)18)15(21)19-10-3-5-11(17)13(7-10)20(22)23/h2-8H,1H3,(H,19,21)/t8-/m1/s1. The molecular formula is C15H11F3N2O3S. The summed E-state index contributed by atoms with van der Waals surface area (Å²) in [5.41, 5.74) is -0.746. The number of nitro benzene ring substituents is 1. The Morgan fingerprint density at radius 3 is 2.50 bits per heavy atom. The molecule has 9 heteroatoms. The van der Waals surface area contributed by atoms with Gasteiger partial charge >= 0.3 is 5.69 Å². The number of nitrogens with one attached hydrogen (secondary N) is 1. The largest absolute Gasteiger partial charge is 0.325 e. The van der Waals surface area contributed by atoms with Crippen LogP contribution in [-0.4, -0.2) is 16.1 Å². The molecule has 126 valence electrons. The third-order valence-electron chi connectivity index (χ3n) is 2.98. The van der Waals surface area contributed by atoms with Gasteiger partial charge in [0, 0.05) is 16.6 Å². The van der Waals surface area contributed by atoms with E-state index >= 15 is 0 Å². The van der Waals surface area contributed by atoms with Gasteiger partial charge in [-0.05, 0) is 37.3 Å². The summed E-state index contributed by atoms with van der Waals surface area (Å²) in [6, 6.07) is 5.78. The number of anilines is 1. The van der Waals surface area contributed by atoms with E-state index in [2.05, 4.69) is 5.32 Å². The molecule has 2 rings (SSSR count). The molecule has 24 heavy (non-hydrogen) atoms. The molecule has 0 aliphatic rings. The van der Waals surface area contributed by atoms with Gasteiger partial charge in [0.15, 0.2) is 0 Å². The highest BCUT2D eigenvalue weighted by Gasteiger charge is 2.19. The van der Waals surface area contributed by atoms with Crippen LogP contribution in [0.25, 0.3) is 0 Å². The number of thioether (sulfide) groups is 1. The lowest BCUT2D eigenvalue weighted by Crippen LogP contribution is -2.22. The van der Waals surface area contributed by atoms with E-state index in [1.807, 2.05) is 0 Å². The predicted molar refractivity (Wildman–Crippen MR) is 83.4 cm³/mol. The molecule has 0 heterocycles. The third kappa shape index (κ3) is 4.25. The van der Waals surface area contributed by atoms with Crippen LogP contribution in [0.4, 0.5) is 24.5 Å². The summed E-state index contributed by atoms with van der Waals surface area (Å²) in [5.74, 6) is -2.93. The summed E-state index contributed by atoms with van der Waals surface area (Å²) in [6.45, 7) is 1.46. The molecule has 0 aliphatic carbocycles. The van der Waals surface area contributed by atoms with Gasteiger partial charge in [0.25, 0.3) is 0 Å². The van der Waals surface area contributed by atoms with Crippen LogP contribution in [0, 0.1) is 27.6 Å². The average Bonchev–Trinajstić information content (AvgIpc) is 2.52. The highest BCUT2D eigenvalue weighted by molar-refractivity contribution is 8.00. The first-order valence-electron chi connectivity index (χ1n) is 6.64. The molecule has 0 saturated heterocycles. The van der Waals surface area contributed by atoms with E-state index in [1.165, 1.54) is 13.0 Å². The fraction of sp³-hybridized carbons (Fsp3) is 0.133. The van der Waals surface area contributed by atoms with Gasteiger partial charge < -0.3 is 5.32 Å². The van der Waals surface area contributed by atoms with Crippen LogP contribution in [0.1, 0.15) is 6.92 Å². The van der Waals surface area contributed by atoms with Crippen LogP contribution in [0.2, 0.25) is 0 Å². The Kier molecular flexibility index (Phi) is 5.45. The molecular weight excluding hydrogens is 345 g/mol. The summed E-state index contributed by atoms with van der Waals surface area (Å²) in [5, 5.41) is 12.2. The Morgan fingerprint density at radius 2 is 1.83 bits per heavy atom. The summed E-state index contributed by atoms with van der Waals surface area (Å²) in [4.78, 5) is 21.8. The molecule has 0 radical (unpaired) electrons. The number of hydrogen-bond acceptors (Lipinski definition) is 4. The average molecular weight is 356 g/mol. The van der Waals surface area contributed by atoms with Crippen molar-refractivity contribution in [2.24, 2.45) is 0 Å². The number of carbonyl (C=O) groups excluding carboxylic acids is 1. The summed E-state index contributed by atoms with van der Waals surface area (Å²) >= 11 is 0.790. The number of carbonyl (C=O) groups is 1. The van der Waals surface area contributed by atoms with Gasteiger partial charge in [-0.15, -0.1) is 11.8 Å². The van der Waals surface area contributed by atoms with Crippen LogP contribution < -0.4 is 5.32 Å². The van der Waals surface area contributed by atoms with Gasteiger partial charge in [0.05, 0.1) is 10.2 Å². The van der Waals surface area contributed by atoms with E-state index in [1.54, 1.807) is 0 Å². The molecule has 0 aromatic heterocycles. The lowest BCUT2D eigenvalue weighted by Gasteiger charge is -2.12. The van der Waals surface area contributed by atoms with Gasteiger partial charge in [-0.1, -0.05) is 0 Å². The predicted octanol–water partition coefficient (Wildman–Crippen LogP) is 4.13. The van der Waals surface area contributed by atoms with E-state index in [0.29, 0.717) is 0 Å². The van der Waals surface area contributed by atoms with Crippen LogP contribution in [-0.2, 0) is 4.79 Å². The minimum atomic E-state index is -1.03. The molecule has 1 amide bonds. The van der Waals surface area contributed by atoms with Gasteiger partial charge in [-0.25, -0.2) is 8.78 Å². The van der Waals surface area contributed by atoms with Gasteiger partial charge in [0.2, 0.25) is 11.7 Å². The van der Waals surface area contributed by atoms with Gasteiger partial charge in [-0.3, -0.25) is 14.9 Å². The minimum absolute atomic E-state index is 0.0280. The minimum Gasteiger partial charge on any atom is -0.325 e. The van der Waals surface area contributed by atoms with Crippen molar-refractivity contribution < 1.29 is 22.9 Å². The van der Waals surface area contributed by atoms with Crippen LogP contribution >= 0.6 is 11.8 Å². The smallest absolute Gasteiger partial charge is 0.306 e. The van der Waals surface area contributed by atoms with E-state index < -0.39 is 39.2 Å². The fourth-order valence-electron chi connectivity index (χ4n) is 1.79. The van der Waals surface area contributed by atoms with Crippen LogP contribution in [0.15, 0.2) is 41.3 Å². The lowest BCUT2D eigenvalue weighted by atomic mass is 10.2. The van der Waals surface area contributed by atoms with E-state index in [9.17, 15) is 28.1 Å². The number of nitro groups is 1. The Labute approximate surface area is 139 Å². The van der Waals surface area contributed by atoms with Gasteiger partial charge in [-0.2, -0.15) is 4.39 Å². The molecule has 2 aromatic rings. The van der Waals surface area contributed by atoms with Crippen LogP contribution in [0.5, 0.6) is 0 Å². The first-order valence-corrected chi connectivity index (χ1v) is 7.52. The Balaban J connectivity index is 2.10. The number of rotatable bonds is 5. The molecule has 0 unspecified atom stereocenters. The molecule has 5 nitrogen and oxygen atoms in total. The Bertz CT molecular complexity index is 802. The molecule has 0 fully saturated rings. The topological polar surface area (TPSA) is 72.2 Å². The summed E-state index contributed by atoms with van der Waals surface area (Å²) in [6.07, 6.45) is 0. The second-order valence-electron chi connectivity index (χ2n) is 4.75. The zero-order valence-electron chi connectivity index (χ0n) is 12.3. The highest BCUT2D eigenvalue weighted by atomic mass is 32.2. The van der Waals surface area contributed by atoms with E-state index in [0.717, 1.165) is 42.1 Å². The molecule has 1 atom stereocenters. The second-order valence-corrected chi connectivity index (χ2v) is 6.13. The zero-order chi connectivity index (χ0) is 17.9. The third-order valence-corrected chi connectivity index (χ3v) is 4.11. The van der Waals surface area contributed by atoms with Crippen molar-refractivity contribution in [2.75, 3.05) is 5.32 Å². The summed E-state index contributed by atoms with van der Waals surface area (Å²) in [7, 11) is 0. The normalized spacial score (nSPS) is 11.8. The van der Waals surface area contributed by atoms with Crippen LogP contribution in [0.3, 0.4) is 0 Å². The maximum Gasteiger partial charge on any atom is 0.306 e. The first kappa shape index (κ1) is 17.8. The number of halogens is 3. The number of benzene rings is 2. The van der Waals surface area contributed by atoms with Crippen molar-refractivity contribution in [3.8, 4) is 0 Å². The van der Waals surface area contributed by atoms with Crippen molar-refractivity contribution in [3.63, 3.8) is 0 Å². The van der Waals surface area contributed by atoms with Crippen molar-refractivity contribution in [2.45, 2.75) is 17.1 Å². The van der Waals surface area contributed by atoms with Gasteiger partial charge in [0.1, 0.15) is 11.6 Å². The zero-order valence-corrected chi connectivity index (χ0v) is 13.1. The van der Waals surface area contributed by atoms with E-state index in [-0.39, 0.29) is 10.6 Å². The maximum absolute atomic E-state index is 13.6. The molecule has 1 N–H and O–H groups in total. The highest BCUT2D eigenvalue weighted by Crippen LogP contribution is 2.28. The summed E-state index contributed by atoms with van der Waals surface area (Å²) < 4.78 is 39.9. The number of hydrogen-bond donors (Lipinski definition) is 1. The van der Waals surface area contributed by atoms with Crippen molar-refractivity contribution in [1.29, 1.82) is 0 Å². The van der Waals surface area contributed by atoms with Crippen molar-refractivity contribution in [3.05, 3.63) is 64.0 Å². The second kappa shape index (κ2) is 7.35. The molecule has 0 bridgehead atoms. The molecule has 2 aromatic carbocycles. The Hall–Kier alpha value is -2.55.